The first-order chi connectivity index (χ1) is 7.97. The molecular formula is C12H18F3NO. The molecular weight excluding hydrogens is 231 g/mol. The first-order valence-electron chi connectivity index (χ1n) is 5.80. The van der Waals surface area contributed by atoms with Gasteiger partial charge in [-0.25, -0.2) is 0 Å². The summed E-state index contributed by atoms with van der Waals surface area (Å²) in [6.45, 7) is 2.60. The van der Waals surface area contributed by atoms with Crippen LogP contribution < -0.4 is 5.32 Å². The Morgan fingerprint density at radius 3 is 2.71 bits per heavy atom. The van der Waals surface area contributed by atoms with Gasteiger partial charge in [0.05, 0.1) is 6.26 Å². The monoisotopic (exact) mass is 249 g/mol. The molecule has 0 aliphatic heterocycles. The summed E-state index contributed by atoms with van der Waals surface area (Å²) in [4.78, 5) is 0. The van der Waals surface area contributed by atoms with Crippen molar-refractivity contribution < 1.29 is 17.6 Å². The van der Waals surface area contributed by atoms with E-state index in [4.69, 9.17) is 4.42 Å². The van der Waals surface area contributed by atoms with Gasteiger partial charge in [-0.3, -0.25) is 0 Å². The minimum atomic E-state index is -4.03. The Bertz CT molecular complexity index is 295. The molecule has 1 N–H and O–H groups in total. The highest BCUT2D eigenvalue weighted by Crippen LogP contribution is 2.21. The summed E-state index contributed by atoms with van der Waals surface area (Å²) in [5, 5.41) is 3.18. The molecule has 5 heteroatoms. The van der Waals surface area contributed by atoms with Crippen LogP contribution in [0.1, 0.15) is 31.9 Å². The topological polar surface area (TPSA) is 25.2 Å². The molecule has 1 unspecified atom stereocenters. The van der Waals surface area contributed by atoms with Crippen LogP contribution in [0, 0.1) is 0 Å². The van der Waals surface area contributed by atoms with Gasteiger partial charge >= 0.3 is 6.18 Å². The molecule has 0 fully saturated rings. The van der Waals surface area contributed by atoms with Crippen molar-refractivity contribution in [2.75, 3.05) is 6.54 Å². The lowest BCUT2D eigenvalue weighted by molar-refractivity contribution is -0.135. The second-order valence-electron chi connectivity index (χ2n) is 4.21. The van der Waals surface area contributed by atoms with E-state index in [-0.39, 0.29) is 12.5 Å². The smallest absolute Gasteiger partial charge is 0.389 e. The van der Waals surface area contributed by atoms with E-state index >= 15 is 0 Å². The first kappa shape index (κ1) is 14.1. The molecule has 0 spiro atoms. The van der Waals surface area contributed by atoms with Gasteiger partial charge < -0.3 is 9.73 Å². The van der Waals surface area contributed by atoms with Crippen LogP contribution in [0.25, 0.3) is 0 Å². The Balaban J connectivity index is 2.03. The van der Waals surface area contributed by atoms with Crippen LogP contribution in [0.5, 0.6) is 0 Å². The maximum absolute atomic E-state index is 11.9. The van der Waals surface area contributed by atoms with Crippen LogP contribution in [0.15, 0.2) is 22.8 Å². The van der Waals surface area contributed by atoms with Gasteiger partial charge in [-0.1, -0.05) is 0 Å². The Labute approximate surface area is 99.2 Å². The molecule has 0 saturated carbocycles. The normalized spacial score (nSPS) is 13.9. The SMILES string of the molecule is CC(Cc1ccco1)NCCCCC(F)(F)F. The number of hydrogen-bond acceptors (Lipinski definition) is 2. The van der Waals surface area contributed by atoms with Gasteiger partial charge in [0.2, 0.25) is 0 Å². The number of alkyl halides is 3. The fraction of sp³-hybridized carbons (Fsp3) is 0.667. The Hall–Kier alpha value is -0.970. The van der Waals surface area contributed by atoms with E-state index in [2.05, 4.69) is 5.32 Å². The molecule has 0 radical (unpaired) electrons. The Kier molecular flexibility index (Phi) is 5.55. The van der Waals surface area contributed by atoms with Crippen LogP contribution in [-0.4, -0.2) is 18.8 Å². The second kappa shape index (κ2) is 6.69. The van der Waals surface area contributed by atoms with Gasteiger partial charge in [0.1, 0.15) is 5.76 Å². The van der Waals surface area contributed by atoms with E-state index in [0.29, 0.717) is 13.0 Å². The maximum atomic E-state index is 11.9. The van der Waals surface area contributed by atoms with Gasteiger partial charge in [-0.05, 0) is 38.4 Å². The Morgan fingerprint density at radius 1 is 1.35 bits per heavy atom. The van der Waals surface area contributed by atoms with Crippen LogP contribution in [0.2, 0.25) is 0 Å². The summed E-state index contributed by atoms with van der Waals surface area (Å²) in [6.07, 6.45) is -1.62. The molecule has 1 aromatic heterocycles. The van der Waals surface area contributed by atoms with E-state index in [9.17, 15) is 13.2 Å². The third kappa shape index (κ3) is 7.05. The highest BCUT2D eigenvalue weighted by atomic mass is 19.4. The van der Waals surface area contributed by atoms with E-state index in [1.807, 2.05) is 19.1 Å². The highest BCUT2D eigenvalue weighted by molar-refractivity contribution is 4.99. The molecule has 1 atom stereocenters. The number of rotatable bonds is 7. The number of nitrogens with one attached hydrogen (secondary N) is 1. The van der Waals surface area contributed by atoms with Crippen molar-refractivity contribution in [3.8, 4) is 0 Å². The van der Waals surface area contributed by atoms with Crippen molar-refractivity contribution in [1.29, 1.82) is 0 Å². The summed E-state index contributed by atoms with van der Waals surface area (Å²) in [7, 11) is 0. The minimum Gasteiger partial charge on any atom is -0.469 e. The predicted molar refractivity (Wildman–Crippen MR) is 59.8 cm³/mol. The standard InChI is InChI=1S/C12H18F3NO/c1-10(9-11-5-4-8-17-11)16-7-3-2-6-12(13,14)15/h4-5,8,10,16H,2-3,6-7,9H2,1H3. The van der Waals surface area contributed by atoms with E-state index in [0.717, 1.165) is 12.2 Å². The average molecular weight is 249 g/mol. The predicted octanol–water partition coefficient (Wildman–Crippen LogP) is 3.53. The lowest BCUT2D eigenvalue weighted by Gasteiger charge is -2.12. The summed E-state index contributed by atoms with van der Waals surface area (Å²) in [5.74, 6) is 0.889. The molecule has 1 aromatic rings. The molecule has 2 nitrogen and oxygen atoms in total. The quantitative estimate of drug-likeness (QED) is 0.748. The molecule has 0 aromatic carbocycles. The van der Waals surface area contributed by atoms with Crippen LogP contribution in [-0.2, 0) is 6.42 Å². The van der Waals surface area contributed by atoms with Crippen molar-refractivity contribution in [3.63, 3.8) is 0 Å². The Morgan fingerprint density at radius 2 is 2.12 bits per heavy atom. The first-order valence-corrected chi connectivity index (χ1v) is 5.80. The zero-order chi connectivity index (χ0) is 12.7. The molecule has 0 aliphatic carbocycles. The number of furan rings is 1. The summed E-state index contributed by atoms with van der Waals surface area (Å²) in [5.41, 5.74) is 0. The third-order valence-corrected chi connectivity index (χ3v) is 2.47. The fourth-order valence-electron chi connectivity index (χ4n) is 1.60. The summed E-state index contributed by atoms with van der Waals surface area (Å²) >= 11 is 0. The molecule has 98 valence electrons. The molecule has 0 saturated heterocycles. The zero-order valence-corrected chi connectivity index (χ0v) is 9.89. The summed E-state index contributed by atoms with van der Waals surface area (Å²) in [6, 6.07) is 3.93. The van der Waals surface area contributed by atoms with Crippen molar-refractivity contribution in [2.45, 2.75) is 44.8 Å². The molecule has 1 rings (SSSR count). The van der Waals surface area contributed by atoms with Crippen molar-refractivity contribution in [3.05, 3.63) is 24.2 Å². The molecule has 0 bridgehead atoms. The number of hydrogen-bond donors (Lipinski definition) is 1. The highest BCUT2D eigenvalue weighted by Gasteiger charge is 2.25. The molecule has 0 aliphatic rings. The van der Waals surface area contributed by atoms with Gasteiger partial charge in [0.25, 0.3) is 0 Å². The lowest BCUT2D eigenvalue weighted by atomic mass is 10.2. The second-order valence-corrected chi connectivity index (χ2v) is 4.21. The van der Waals surface area contributed by atoms with Crippen LogP contribution in [0.4, 0.5) is 13.2 Å². The third-order valence-electron chi connectivity index (χ3n) is 2.47. The lowest BCUT2D eigenvalue weighted by Crippen LogP contribution is -2.29. The summed E-state index contributed by atoms with van der Waals surface area (Å²) < 4.78 is 40.8. The number of unbranched alkanes of at least 4 members (excludes halogenated alkanes) is 1. The van der Waals surface area contributed by atoms with Gasteiger partial charge in [-0.2, -0.15) is 13.2 Å². The van der Waals surface area contributed by atoms with Gasteiger partial charge in [0, 0.05) is 18.9 Å². The van der Waals surface area contributed by atoms with E-state index in [1.54, 1.807) is 6.26 Å². The van der Waals surface area contributed by atoms with Crippen LogP contribution >= 0.6 is 0 Å². The van der Waals surface area contributed by atoms with Gasteiger partial charge in [-0.15, -0.1) is 0 Å². The minimum absolute atomic E-state index is 0.184. The van der Waals surface area contributed by atoms with Crippen molar-refractivity contribution in [2.24, 2.45) is 0 Å². The molecule has 0 amide bonds. The zero-order valence-electron chi connectivity index (χ0n) is 9.89. The fourth-order valence-corrected chi connectivity index (χ4v) is 1.60. The van der Waals surface area contributed by atoms with E-state index in [1.165, 1.54) is 0 Å². The van der Waals surface area contributed by atoms with Gasteiger partial charge in [0.15, 0.2) is 0 Å². The number of halogens is 3. The average Bonchev–Trinajstić information content (AvgIpc) is 2.68. The van der Waals surface area contributed by atoms with Crippen molar-refractivity contribution in [1.82, 2.24) is 5.32 Å². The van der Waals surface area contributed by atoms with Crippen LogP contribution in [0.3, 0.4) is 0 Å². The van der Waals surface area contributed by atoms with Crippen molar-refractivity contribution >= 4 is 0 Å². The van der Waals surface area contributed by atoms with E-state index < -0.39 is 12.6 Å². The molecule has 1 heterocycles. The largest absolute Gasteiger partial charge is 0.469 e. The maximum Gasteiger partial charge on any atom is 0.389 e. The molecule has 17 heavy (non-hydrogen) atoms.